The van der Waals surface area contributed by atoms with Gasteiger partial charge in [-0.15, -0.1) is 0 Å². The second kappa shape index (κ2) is 5.13. The number of rotatable bonds is 2. The van der Waals surface area contributed by atoms with Crippen LogP contribution in [0, 0.1) is 19.8 Å². The molecule has 0 radical (unpaired) electrons. The lowest BCUT2D eigenvalue weighted by atomic mass is 9.99. The van der Waals surface area contributed by atoms with Crippen LogP contribution in [-0.2, 0) is 4.79 Å². The van der Waals surface area contributed by atoms with Crippen molar-refractivity contribution in [2.45, 2.75) is 46.6 Å². The van der Waals surface area contributed by atoms with Crippen LogP contribution in [0.15, 0.2) is 18.2 Å². The maximum Gasteiger partial charge on any atom is 0.225 e. The summed E-state index contributed by atoms with van der Waals surface area (Å²) in [5.41, 5.74) is 3.88. The Morgan fingerprint density at radius 2 is 1.83 bits per heavy atom. The van der Waals surface area contributed by atoms with Crippen molar-refractivity contribution in [3.05, 3.63) is 34.9 Å². The smallest absolute Gasteiger partial charge is 0.225 e. The topological polar surface area (TPSA) is 20.3 Å². The minimum atomic E-state index is 0.0940. The average Bonchev–Trinajstić information content (AvgIpc) is 2.75. The van der Waals surface area contributed by atoms with E-state index in [0.717, 1.165) is 19.4 Å². The molecule has 1 saturated heterocycles. The van der Waals surface area contributed by atoms with E-state index in [9.17, 15) is 4.79 Å². The van der Waals surface area contributed by atoms with E-state index >= 15 is 0 Å². The lowest BCUT2D eigenvalue weighted by Crippen LogP contribution is -2.33. The highest BCUT2D eigenvalue weighted by molar-refractivity contribution is 5.79. The number of amides is 1. The Morgan fingerprint density at radius 3 is 2.39 bits per heavy atom. The summed E-state index contributed by atoms with van der Waals surface area (Å²) in [7, 11) is 0. The summed E-state index contributed by atoms with van der Waals surface area (Å²) >= 11 is 0. The van der Waals surface area contributed by atoms with Gasteiger partial charge < -0.3 is 4.90 Å². The van der Waals surface area contributed by atoms with Gasteiger partial charge in [-0.25, -0.2) is 0 Å². The second-order valence-corrected chi connectivity index (χ2v) is 5.77. The van der Waals surface area contributed by atoms with Crippen LogP contribution in [-0.4, -0.2) is 17.4 Å². The molecule has 1 unspecified atom stereocenters. The first kappa shape index (κ1) is 13.1. The highest BCUT2D eigenvalue weighted by Gasteiger charge is 2.31. The number of hydrogen-bond donors (Lipinski definition) is 0. The maximum atomic E-state index is 12.2. The van der Waals surface area contributed by atoms with Gasteiger partial charge in [0.15, 0.2) is 0 Å². The van der Waals surface area contributed by atoms with E-state index in [1.165, 1.54) is 16.7 Å². The third kappa shape index (κ3) is 2.58. The maximum absolute atomic E-state index is 12.2. The number of nitrogens with zero attached hydrogens (tertiary/aromatic N) is 1. The zero-order valence-electron chi connectivity index (χ0n) is 11.9. The molecule has 0 aliphatic carbocycles. The molecule has 1 fully saturated rings. The fraction of sp³-hybridized carbons (Fsp3) is 0.562. The van der Waals surface area contributed by atoms with Crippen LogP contribution < -0.4 is 0 Å². The van der Waals surface area contributed by atoms with Crippen LogP contribution in [0.25, 0.3) is 0 Å². The number of likely N-dealkylation sites (tertiary alicyclic amines) is 1. The molecule has 2 nitrogen and oxygen atoms in total. The molecule has 0 bridgehead atoms. The molecule has 1 aliphatic heterocycles. The molecule has 1 aromatic rings. The quantitative estimate of drug-likeness (QED) is 0.779. The van der Waals surface area contributed by atoms with Crippen LogP contribution >= 0.6 is 0 Å². The van der Waals surface area contributed by atoms with E-state index in [1.54, 1.807) is 0 Å². The highest BCUT2D eigenvalue weighted by atomic mass is 16.2. The molecule has 0 spiro atoms. The molecule has 1 aliphatic rings. The molecule has 1 atom stereocenters. The second-order valence-electron chi connectivity index (χ2n) is 5.77. The van der Waals surface area contributed by atoms with Crippen molar-refractivity contribution in [3.8, 4) is 0 Å². The molecular formula is C16H23NO. The Bertz CT molecular complexity index is 430. The highest BCUT2D eigenvalue weighted by Crippen LogP contribution is 2.33. The Hall–Kier alpha value is -1.31. The summed E-state index contributed by atoms with van der Waals surface area (Å²) in [6.45, 7) is 9.13. The lowest BCUT2D eigenvalue weighted by molar-refractivity contribution is -0.135. The number of hydrogen-bond acceptors (Lipinski definition) is 1. The Labute approximate surface area is 110 Å². The molecule has 0 aromatic heterocycles. The standard InChI is InChI=1S/C16H23NO/c1-11(2)16(18)17-7-5-6-15(17)14-9-12(3)8-13(4)10-14/h8-11,15H,5-7H2,1-4H3. The van der Waals surface area contributed by atoms with E-state index in [2.05, 4.69) is 36.9 Å². The third-order valence-corrected chi connectivity index (χ3v) is 3.66. The van der Waals surface area contributed by atoms with Gasteiger partial charge in [-0.2, -0.15) is 0 Å². The summed E-state index contributed by atoms with van der Waals surface area (Å²) in [5, 5.41) is 0. The van der Waals surface area contributed by atoms with Gasteiger partial charge in [0.25, 0.3) is 0 Å². The summed E-state index contributed by atoms with van der Waals surface area (Å²) in [4.78, 5) is 14.3. The first-order valence-electron chi connectivity index (χ1n) is 6.87. The van der Waals surface area contributed by atoms with E-state index in [4.69, 9.17) is 0 Å². The molecule has 2 heteroatoms. The SMILES string of the molecule is Cc1cc(C)cc(C2CCCN2C(=O)C(C)C)c1. The number of aryl methyl sites for hydroxylation is 2. The average molecular weight is 245 g/mol. The minimum absolute atomic E-state index is 0.0940. The minimum Gasteiger partial charge on any atom is -0.335 e. The van der Waals surface area contributed by atoms with Crippen LogP contribution in [0.5, 0.6) is 0 Å². The number of carbonyl (C=O) groups excluding carboxylic acids is 1. The number of carbonyl (C=O) groups is 1. The van der Waals surface area contributed by atoms with Gasteiger partial charge in [-0.1, -0.05) is 43.2 Å². The predicted molar refractivity (Wildman–Crippen MR) is 74.4 cm³/mol. The van der Waals surface area contributed by atoms with Crippen molar-refractivity contribution in [2.75, 3.05) is 6.54 Å². The van der Waals surface area contributed by atoms with E-state index in [-0.39, 0.29) is 11.8 Å². The predicted octanol–water partition coefficient (Wildman–Crippen LogP) is 3.62. The molecule has 1 aromatic carbocycles. The molecular weight excluding hydrogens is 222 g/mol. The van der Waals surface area contributed by atoms with E-state index < -0.39 is 0 Å². The summed E-state index contributed by atoms with van der Waals surface area (Å²) in [6.07, 6.45) is 2.22. The van der Waals surface area contributed by atoms with Gasteiger partial charge in [0.1, 0.15) is 0 Å². The summed E-state index contributed by atoms with van der Waals surface area (Å²) in [5.74, 6) is 0.383. The van der Waals surface area contributed by atoms with Crippen molar-refractivity contribution >= 4 is 5.91 Å². The van der Waals surface area contributed by atoms with Gasteiger partial charge in [-0.3, -0.25) is 4.79 Å². The van der Waals surface area contributed by atoms with Crippen LogP contribution in [0.2, 0.25) is 0 Å². The van der Waals surface area contributed by atoms with E-state index in [0.29, 0.717) is 6.04 Å². The normalized spacial score (nSPS) is 19.6. The Balaban J connectivity index is 2.28. The van der Waals surface area contributed by atoms with Gasteiger partial charge >= 0.3 is 0 Å². The van der Waals surface area contributed by atoms with Gasteiger partial charge in [0, 0.05) is 12.5 Å². The van der Waals surface area contributed by atoms with Gasteiger partial charge in [-0.05, 0) is 32.3 Å². The van der Waals surface area contributed by atoms with Crippen LogP contribution in [0.1, 0.15) is 49.4 Å². The van der Waals surface area contributed by atoms with Crippen molar-refractivity contribution in [2.24, 2.45) is 5.92 Å². The zero-order valence-corrected chi connectivity index (χ0v) is 11.9. The molecule has 1 amide bonds. The first-order chi connectivity index (χ1) is 8.49. The Kier molecular flexibility index (Phi) is 3.74. The fourth-order valence-corrected chi connectivity index (χ4v) is 2.91. The van der Waals surface area contributed by atoms with Crippen molar-refractivity contribution in [1.82, 2.24) is 4.90 Å². The van der Waals surface area contributed by atoms with Crippen molar-refractivity contribution < 1.29 is 4.79 Å². The molecule has 98 valence electrons. The lowest BCUT2D eigenvalue weighted by Gasteiger charge is -2.27. The molecule has 0 saturated carbocycles. The zero-order chi connectivity index (χ0) is 13.3. The van der Waals surface area contributed by atoms with Gasteiger partial charge in [0.2, 0.25) is 5.91 Å². The monoisotopic (exact) mass is 245 g/mol. The van der Waals surface area contributed by atoms with E-state index in [1.807, 2.05) is 13.8 Å². The fourth-order valence-electron chi connectivity index (χ4n) is 2.91. The summed E-state index contributed by atoms with van der Waals surface area (Å²) in [6, 6.07) is 6.93. The molecule has 18 heavy (non-hydrogen) atoms. The first-order valence-corrected chi connectivity index (χ1v) is 6.87. The van der Waals surface area contributed by atoms with Crippen LogP contribution in [0.4, 0.5) is 0 Å². The third-order valence-electron chi connectivity index (χ3n) is 3.66. The van der Waals surface area contributed by atoms with Crippen molar-refractivity contribution in [1.29, 1.82) is 0 Å². The van der Waals surface area contributed by atoms with Crippen molar-refractivity contribution in [3.63, 3.8) is 0 Å². The van der Waals surface area contributed by atoms with Crippen LogP contribution in [0.3, 0.4) is 0 Å². The number of benzene rings is 1. The molecule has 0 N–H and O–H groups in total. The summed E-state index contributed by atoms with van der Waals surface area (Å²) < 4.78 is 0. The largest absolute Gasteiger partial charge is 0.335 e. The molecule has 2 rings (SSSR count). The van der Waals surface area contributed by atoms with Gasteiger partial charge in [0.05, 0.1) is 6.04 Å². The molecule has 1 heterocycles. The Morgan fingerprint density at radius 1 is 1.22 bits per heavy atom.